The van der Waals surface area contributed by atoms with Gasteiger partial charge in [0.1, 0.15) is 4.88 Å². The summed E-state index contributed by atoms with van der Waals surface area (Å²) in [4.78, 5) is 10.8. The van der Waals surface area contributed by atoms with E-state index < -0.39 is 26.4 Å². The molecule has 0 bridgehead atoms. The molecule has 0 spiro atoms. The molecule has 1 rings (SSSR count). The van der Waals surface area contributed by atoms with E-state index in [1.165, 1.54) is 5.38 Å². The maximum Gasteiger partial charge on any atom is 0.341 e. The van der Waals surface area contributed by atoms with E-state index in [4.69, 9.17) is 5.73 Å². The van der Waals surface area contributed by atoms with Crippen molar-refractivity contribution in [2.75, 3.05) is 13.1 Å². The number of hydrogen-bond donors (Lipinski definition) is 2. The van der Waals surface area contributed by atoms with E-state index >= 15 is 0 Å². The highest BCUT2D eigenvalue weighted by Gasteiger charge is 2.31. The number of alkyl halides is 2. The van der Waals surface area contributed by atoms with Crippen molar-refractivity contribution >= 4 is 27.1 Å². The minimum absolute atomic E-state index is 0.229. The summed E-state index contributed by atoms with van der Waals surface area (Å²) in [6.45, 7) is 0.633. The molecule has 102 valence electrons. The lowest BCUT2D eigenvalue weighted by Crippen LogP contribution is -2.27. The number of halogens is 2. The van der Waals surface area contributed by atoms with Crippen LogP contribution in [-0.2, 0) is 9.84 Å². The first-order valence-corrected chi connectivity index (χ1v) is 7.41. The quantitative estimate of drug-likeness (QED) is 0.761. The molecule has 1 aromatic heterocycles. The molecule has 1 aromatic rings. The van der Waals surface area contributed by atoms with Crippen LogP contribution in [0.25, 0.3) is 0 Å². The maximum atomic E-state index is 12.4. The SMILES string of the molecule is NCCCNC(=O)c1sccc1S(=O)(=O)C(F)F. The summed E-state index contributed by atoms with van der Waals surface area (Å²) >= 11 is 0.804. The molecule has 5 nitrogen and oxygen atoms in total. The van der Waals surface area contributed by atoms with Crippen molar-refractivity contribution < 1.29 is 22.0 Å². The molecule has 0 aliphatic carbocycles. The second kappa shape index (κ2) is 6.21. The summed E-state index contributed by atoms with van der Waals surface area (Å²) < 4.78 is 47.4. The zero-order valence-corrected chi connectivity index (χ0v) is 10.9. The summed E-state index contributed by atoms with van der Waals surface area (Å²) in [5, 5.41) is 3.70. The Morgan fingerprint density at radius 1 is 1.50 bits per heavy atom. The van der Waals surface area contributed by atoms with Gasteiger partial charge in [0.15, 0.2) is 0 Å². The molecule has 0 unspecified atom stereocenters. The second-order valence-electron chi connectivity index (χ2n) is 3.32. The van der Waals surface area contributed by atoms with E-state index in [9.17, 15) is 22.0 Å². The molecule has 0 saturated carbocycles. The average Bonchev–Trinajstić information content (AvgIpc) is 2.78. The predicted molar refractivity (Wildman–Crippen MR) is 63.5 cm³/mol. The van der Waals surface area contributed by atoms with Gasteiger partial charge in [-0.3, -0.25) is 4.79 Å². The number of nitrogens with two attached hydrogens (primary N) is 1. The van der Waals surface area contributed by atoms with Crippen LogP contribution < -0.4 is 11.1 Å². The number of amides is 1. The molecular weight excluding hydrogens is 286 g/mol. The zero-order valence-electron chi connectivity index (χ0n) is 9.23. The Labute approximate surface area is 107 Å². The van der Waals surface area contributed by atoms with Gasteiger partial charge in [0.05, 0.1) is 4.90 Å². The van der Waals surface area contributed by atoms with Crippen LogP contribution in [0.15, 0.2) is 16.3 Å². The smallest absolute Gasteiger partial charge is 0.341 e. The van der Waals surface area contributed by atoms with Gasteiger partial charge in [-0.1, -0.05) is 0 Å². The van der Waals surface area contributed by atoms with Gasteiger partial charge in [-0.25, -0.2) is 8.42 Å². The number of sulfone groups is 1. The van der Waals surface area contributed by atoms with Crippen LogP contribution in [0.5, 0.6) is 0 Å². The topological polar surface area (TPSA) is 89.3 Å². The minimum Gasteiger partial charge on any atom is -0.351 e. The molecule has 1 amide bonds. The molecular formula is C9H12F2N2O3S2. The van der Waals surface area contributed by atoms with Crippen LogP contribution in [0.3, 0.4) is 0 Å². The molecule has 0 aliphatic heterocycles. The number of carbonyl (C=O) groups is 1. The Hall–Kier alpha value is -1.06. The highest BCUT2D eigenvalue weighted by molar-refractivity contribution is 7.92. The highest BCUT2D eigenvalue weighted by atomic mass is 32.2. The Kier molecular flexibility index (Phi) is 5.17. The lowest BCUT2D eigenvalue weighted by molar-refractivity contribution is 0.0954. The Bertz CT molecular complexity index is 514. The van der Waals surface area contributed by atoms with Gasteiger partial charge in [-0.05, 0) is 24.4 Å². The predicted octanol–water partition coefficient (Wildman–Crippen LogP) is 0.823. The zero-order chi connectivity index (χ0) is 13.8. The first kappa shape index (κ1) is 15.0. The fourth-order valence-electron chi connectivity index (χ4n) is 1.17. The minimum atomic E-state index is -4.75. The summed E-state index contributed by atoms with van der Waals surface area (Å²) in [5.74, 6) is -4.22. The van der Waals surface area contributed by atoms with Crippen LogP contribution in [0.4, 0.5) is 8.78 Å². The fourth-order valence-corrected chi connectivity index (χ4v) is 3.25. The van der Waals surface area contributed by atoms with Crippen molar-refractivity contribution in [3.8, 4) is 0 Å². The Balaban J connectivity index is 2.93. The first-order valence-electron chi connectivity index (χ1n) is 4.99. The van der Waals surface area contributed by atoms with Gasteiger partial charge in [-0.2, -0.15) is 8.78 Å². The normalized spacial score (nSPS) is 11.8. The van der Waals surface area contributed by atoms with Crippen molar-refractivity contribution in [3.05, 3.63) is 16.3 Å². The molecule has 3 N–H and O–H groups in total. The molecule has 0 saturated heterocycles. The van der Waals surface area contributed by atoms with Gasteiger partial charge in [0.2, 0.25) is 9.84 Å². The van der Waals surface area contributed by atoms with Gasteiger partial charge in [0, 0.05) is 6.54 Å². The van der Waals surface area contributed by atoms with E-state index in [0.717, 1.165) is 17.4 Å². The van der Waals surface area contributed by atoms with Crippen molar-refractivity contribution in [2.45, 2.75) is 17.1 Å². The summed E-state index contributed by atoms with van der Waals surface area (Å²) in [5.41, 5.74) is 5.23. The van der Waals surface area contributed by atoms with Crippen LogP contribution in [0.1, 0.15) is 16.1 Å². The molecule has 1 heterocycles. The van der Waals surface area contributed by atoms with Crippen LogP contribution in [0.2, 0.25) is 0 Å². The van der Waals surface area contributed by atoms with Crippen LogP contribution >= 0.6 is 11.3 Å². The highest BCUT2D eigenvalue weighted by Crippen LogP contribution is 2.26. The van der Waals surface area contributed by atoms with Crippen molar-refractivity contribution in [1.82, 2.24) is 5.32 Å². The Morgan fingerprint density at radius 3 is 2.72 bits per heavy atom. The maximum absolute atomic E-state index is 12.4. The molecule has 9 heteroatoms. The number of carbonyl (C=O) groups excluding carboxylic acids is 1. The third-order valence-corrected chi connectivity index (χ3v) is 4.51. The molecule has 0 aliphatic rings. The molecule has 0 radical (unpaired) electrons. The van der Waals surface area contributed by atoms with Crippen molar-refractivity contribution in [2.24, 2.45) is 5.73 Å². The standard InChI is InChI=1S/C9H12F2N2O3S2/c10-9(11)18(15,16)6-2-5-17-7(6)8(14)13-4-1-3-12/h2,5,9H,1,3-4,12H2,(H,13,14). The van der Waals surface area contributed by atoms with Crippen molar-refractivity contribution in [1.29, 1.82) is 0 Å². The van der Waals surface area contributed by atoms with Gasteiger partial charge >= 0.3 is 5.76 Å². The average molecular weight is 298 g/mol. The third-order valence-electron chi connectivity index (χ3n) is 2.04. The number of nitrogens with one attached hydrogen (secondary N) is 1. The van der Waals surface area contributed by atoms with E-state index in [-0.39, 0.29) is 11.4 Å². The Morgan fingerprint density at radius 2 is 2.17 bits per heavy atom. The van der Waals surface area contributed by atoms with Gasteiger partial charge in [-0.15, -0.1) is 11.3 Å². The fraction of sp³-hybridized carbons (Fsp3) is 0.444. The first-order chi connectivity index (χ1) is 8.41. The van der Waals surface area contributed by atoms with Gasteiger partial charge < -0.3 is 11.1 Å². The lowest BCUT2D eigenvalue weighted by atomic mass is 10.4. The lowest BCUT2D eigenvalue weighted by Gasteiger charge is -2.05. The van der Waals surface area contributed by atoms with Crippen LogP contribution in [0, 0.1) is 0 Å². The third kappa shape index (κ3) is 3.24. The number of thiophene rings is 1. The van der Waals surface area contributed by atoms with Crippen LogP contribution in [-0.4, -0.2) is 33.2 Å². The molecule has 0 aromatic carbocycles. The van der Waals surface area contributed by atoms with E-state index in [2.05, 4.69) is 5.32 Å². The molecule has 18 heavy (non-hydrogen) atoms. The monoisotopic (exact) mass is 298 g/mol. The summed E-state index contributed by atoms with van der Waals surface area (Å²) in [6, 6.07) is 1.00. The number of hydrogen-bond acceptors (Lipinski definition) is 5. The number of rotatable bonds is 6. The van der Waals surface area contributed by atoms with E-state index in [0.29, 0.717) is 13.0 Å². The van der Waals surface area contributed by atoms with Crippen molar-refractivity contribution in [3.63, 3.8) is 0 Å². The van der Waals surface area contributed by atoms with Gasteiger partial charge in [0.25, 0.3) is 5.91 Å². The molecule has 0 atom stereocenters. The molecule has 0 fully saturated rings. The summed E-state index contributed by atoms with van der Waals surface area (Å²) in [6.07, 6.45) is 0.522. The largest absolute Gasteiger partial charge is 0.351 e. The van der Waals surface area contributed by atoms with E-state index in [1.54, 1.807) is 0 Å². The van der Waals surface area contributed by atoms with E-state index in [1.807, 2.05) is 0 Å². The summed E-state index contributed by atoms with van der Waals surface area (Å²) in [7, 11) is -4.75. The second-order valence-corrected chi connectivity index (χ2v) is 6.12.